The Kier molecular flexibility index (Phi) is 4.27. The van der Waals surface area contributed by atoms with Crippen molar-refractivity contribution in [1.29, 1.82) is 0 Å². The van der Waals surface area contributed by atoms with Crippen LogP contribution in [-0.4, -0.2) is 13.4 Å². The molecule has 0 atom stereocenters. The van der Waals surface area contributed by atoms with Gasteiger partial charge in [-0.15, -0.1) is 11.3 Å². The van der Waals surface area contributed by atoms with E-state index in [-0.39, 0.29) is 10.8 Å². The maximum Gasteiger partial charge on any atom is 0.263 e. The zero-order chi connectivity index (χ0) is 14.0. The summed E-state index contributed by atoms with van der Waals surface area (Å²) in [7, 11) is -3.57. The van der Waals surface area contributed by atoms with Crippen LogP contribution in [0.3, 0.4) is 0 Å². The van der Waals surface area contributed by atoms with Crippen LogP contribution < -0.4 is 4.72 Å². The topological polar surface area (TPSA) is 59.1 Å². The second kappa shape index (κ2) is 5.60. The van der Waals surface area contributed by atoms with Crippen LogP contribution >= 0.6 is 27.3 Å². The van der Waals surface area contributed by atoms with Crippen molar-refractivity contribution in [3.63, 3.8) is 0 Å². The third-order valence-corrected chi connectivity index (χ3v) is 5.25. The number of anilines is 1. The van der Waals surface area contributed by atoms with Gasteiger partial charge in [0.25, 0.3) is 10.0 Å². The van der Waals surface area contributed by atoms with Gasteiger partial charge >= 0.3 is 0 Å². The summed E-state index contributed by atoms with van der Waals surface area (Å²) in [5.41, 5.74) is 0.888. The fourth-order valence-electron chi connectivity index (χ4n) is 1.39. The van der Waals surface area contributed by atoms with Gasteiger partial charge in [0.05, 0.1) is 10.6 Å². The van der Waals surface area contributed by atoms with Crippen LogP contribution in [0.1, 0.15) is 25.5 Å². The third kappa shape index (κ3) is 3.55. The Morgan fingerprint density at radius 1 is 1.26 bits per heavy atom. The molecule has 0 unspecified atom stereocenters. The van der Waals surface area contributed by atoms with Gasteiger partial charge in [-0.25, -0.2) is 13.4 Å². The van der Waals surface area contributed by atoms with Gasteiger partial charge in [0.2, 0.25) is 0 Å². The quantitative estimate of drug-likeness (QED) is 0.900. The Balaban J connectivity index is 2.23. The van der Waals surface area contributed by atoms with Crippen molar-refractivity contribution in [3.05, 3.63) is 39.8 Å². The molecule has 1 aromatic carbocycles. The lowest BCUT2D eigenvalue weighted by Gasteiger charge is -2.05. The molecule has 1 N–H and O–H groups in total. The van der Waals surface area contributed by atoms with E-state index < -0.39 is 10.0 Å². The van der Waals surface area contributed by atoms with Crippen LogP contribution in [-0.2, 0) is 10.0 Å². The van der Waals surface area contributed by atoms with E-state index in [1.807, 2.05) is 19.2 Å². The summed E-state index contributed by atoms with van der Waals surface area (Å²) in [6.07, 6.45) is 0. The van der Waals surface area contributed by atoms with Crippen LogP contribution in [0, 0.1) is 0 Å². The number of halogens is 1. The van der Waals surface area contributed by atoms with Crippen LogP contribution in [0.25, 0.3) is 0 Å². The van der Waals surface area contributed by atoms with Crippen molar-refractivity contribution in [3.8, 4) is 0 Å². The van der Waals surface area contributed by atoms with E-state index in [4.69, 9.17) is 0 Å². The lowest BCUT2D eigenvalue weighted by atomic mass is 10.2. The predicted octanol–water partition coefficient (Wildman–Crippen LogP) is 3.83. The summed E-state index contributed by atoms with van der Waals surface area (Å²) < 4.78 is 27.6. The Hall–Kier alpha value is -0.920. The lowest BCUT2D eigenvalue weighted by Crippen LogP contribution is -2.12. The molecule has 0 radical (unpaired) electrons. The van der Waals surface area contributed by atoms with Crippen molar-refractivity contribution in [1.82, 2.24) is 4.98 Å². The highest BCUT2D eigenvalue weighted by molar-refractivity contribution is 9.10. The minimum atomic E-state index is -3.57. The molecule has 19 heavy (non-hydrogen) atoms. The molecule has 0 amide bonds. The molecule has 0 aliphatic heterocycles. The average Bonchev–Trinajstić information content (AvgIpc) is 2.77. The molecule has 0 aliphatic carbocycles. The number of nitrogens with one attached hydrogen (secondary N) is 1. The maximum absolute atomic E-state index is 12.1. The fourth-order valence-corrected chi connectivity index (χ4v) is 3.77. The number of aromatic nitrogens is 1. The highest BCUT2D eigenvalue weighted by Crippen LogP contribution is 2.24. The molecular weight excluding hydrogens is 348 g/mol. The number of thiazole rings is 1. The first-order valence-electron chi connectivity index (χ1n) is 5.62. The fraction of sp³-hybridized carbons (Fsp3) is 0.250. The molecule has 0 aliphatic rings. The van der Waals surface area contributed by atoms with Gasteiger partial charge in [0.15, 0.2) is 5.13 Å². The molecule has 2 rings (SSSR count). The summed E-state index contributed by atoms with van der Waals surface area (Å²) in [5.74, 6) is 0.280. The summed E-state index contributed by atoms with van der Waals surface area (Å²) in [4.78, 5) is 4.48. The molecule has 0 bridgehead atoms. The number of hydrogen-bond acceptors (Lipinski definition) is 4. The van der Waals surface area contributed by atoms with E-state index in [2.05, 4.69) is 25.6 Å². The number of nitrogens with zero attached hydrogens (tertiary/aromatic N) is 1. The number of hydrogen-bond donors (Lipinski definition) is 1. The van der Waals surface area contributed by atoms with Gasteiger partial charge in [-0.1, -0.05) is 29.8 Å². The van der Waals surface area contributed by atoms with Gasteiger partial charge in [-0.2, -0.15) is 0 Å². The molecule has 1 aromatic heterocycles. The second-order valence-corrected chi connectivity index (χ2v) is 7.75. The summed E-state index contributed by atoms with van der Waals surface area (Å²) in [6, 6.07) is 6.47. The summed E-state index contributed by atoms with van der Waals surface area (Å²) in [6.45, 7) is 4.03. The van der Waals surface area contributed by atoms with Crippen LogP contribution in [0.2, 0.25) is 0 Å². The normalized spacial score (nSPS) is 11.8. The lowest BCUT2D eigenvalue weighted by molar-refractivity contribution is 0.601. The highest BCUT2D eigenvalue weighted by atomic mass is 79.9. The van der Waals surface area contributed by atoms with Crippen LogP contribution in [0.5, 0.6) is 0 Å². The van der Waals surface area contributed by atoms with Crippen molar-refractivity contribution < 1.29 is 8.42 Å². The van der Waals surface area contributed by atoms with Crippen molar-refractivity contribution in [2.45, 2.75) is 24.7 Å². The zero-order valence-corrected chi connectivity index (χ0v) is 13.6. The first-order valence-corrected chi connectivity index (χ1v) is 8.78. The van der Waals surface area contributed by atoms with Crippen LogP contribution in [0.4, 0.5) is 5.13 Å². The van der Waals surface area contributed by atoms with E-state index in [0.29, 0.717) is 5.13 Å². The number of sulfonamides is 1. The van der Waals surface area contributed by atoms with E-state index in [1.54, 1.807) is 24.3 Å². The monoisotopic (exact) mass is 360 g/mol. The molecular formula is C12H13BrN2O2S2. The number of rotatable bonds is 4. The Labute approximate surface area is 125 Å². The first-order chi connectivity index (χ1) is 8.88. The SMILES string of the molecule is CC(C)c1csc(NS(=O)(=O)c2ccc(Br)cc2)n1. The van der Waals surface area contributed by atoms with Crippen molar-refractivity contribution in [2.24, 2.45) is 0 Å². The largest absolute Gasteiger partial charge is 0.263 e. The Morgan fingerprint density at radius 3 is 2.42 bits per heavy atom. The first kappa shape index (κ1) is 14.5. The maximum atomic E-state index is 12.1. The summed E-state index contributed by atoms with van der Waals surface area (Å²) >= 11 is 4.56. The molecule has 7 heteroatoms. The molecule has 0 fully saturated rings. The molecule has 1 heterocycles. The molecule has 4 nitrogen and oxygen atoms in total. The van der Waals surface area contributed by atoms with Crippen molar-refractivity contribution in [2.75, 3.05) is 4.72 Å². The molecule has 2 aromatic rings. The molecule has 102 valence electrons. The van der Waals surface area contributed by atoms with Crippen LogP contribution in [0.15, 0.2) is 39.0 Å². The average molecular weight is 361 g/mol. The standard InChI is InChI=1S/C12H13BrN2O2S2/c1-8(2)11-7-18-12(14-11)15-19(16,17)10-5-3-9(13)4-6-10/h3-8H,1-2H3,(H,14,15). The van der Waals surface area contributed by atoms with Crippen molar-refractivity contribution >= 4 is 42.4 Å². The minimum absolute atomic E-state index is 0.219. The smallest absolute Gasteiger partial charge is 0.255 e. The minimum Gasteiger partial charge on any atom is -0.255 e. The third-order valence-electron chi connectivity index (χ3n) is 2.46. The van der Waals surface area contributed by atoms with Gasteiger partial charge in [0.1, 0.15) is 0 Å². The van der Waals surface area contributed by atoms with Gasteiger partial charge in [-0.3, -0.25) is 4.72 Å². The highest BCUT2D eigenvalue weighted by Gasteiger charge is 2.16. The second-order valence-electron chi connectivity index (χ2n) is 4.29. The van der Waals surface area contributed by atoms with E-state index >= 15 is 0 Å². The zero-order valence-electron chi connectivity index (χ0n) is 10.4. The Morgan fingerprint density at radius 2 is 1.89 bits per heavy atom. The molecule has 0 saturated heterocycles. The summed E-state index contributed by atoms with van der Waals surface area (Å²) in [5, 5.41) is 2.26. The van der Waals surface area contributed by atoms with E-state index in [9.17, 15) is 8.42 Å². The predicted molar refractivity (Wildman–Crippen MR) is 81.2 cm³/mol. The van der Waals surface area contributed by atoms with Gasteiger partial charge in [-0.05, 0) is 30.2 Å². The Bertz CT molecular complexity index is 663. The van der Waals surface area contributed by atoms with Gasteiger partial charge < -0.3 is 0 Å². The van der Waals surface area contributed by atoms with E-state index in [0.717, 1.165) is 10.2 Å². The molecule has 0 spiro atoms. The van der Waals surface area contributed by atoms with Gasteiger partial charge in [0, 0.05) is 9.85 Å². The number of benzene rings is 1. The van der Waals surface area contributed by atoms with E-state index in [1.165, 1.54) is 11.3 Å². The molecule has 0 saturated carbocycles.